The van der Waals surface area contributed by atoms with Crippen LogP contribution >= 0.6 is 23.2 Å². The molecular formula is C10H8Cl2N2O2S. The Balaban J connectivity index is 2.91. The highest BCUT2D eigenvalue weighted by molar-refractivity contribution is 7.89. The maximum atomic E-state index is 11.3. The molecule has 0 radical (unpaired) electrons. The molecule has 0 aliphatic rings. The molecule has 7 heteroatoms. The molecule has 2 N–H and O–H groups in total. The lowest BCUT2D eigenvalue weighted by atomic mass is 10.1. The lowest BCUT2D eigenvalue weighted by molar-refractivity contribution is 0.598. The minimum atomic E-state index is -3.84. The molecule has 0 saturated carbocycles. The van der Waals surface area contributed by atoms with Crippen molar-refractivity contribution in [3.05, 3.63) is 33.9 Å². The molecule has 1 aromatic heterocycles. The van der Waals surface area contributed by atoms with Gasteiger partial charge in [-0.25, -0.2) is 18.5 Å². The van der Waals surface area contributed by atoms with Crippen molar-refractivity contribution in [3.8, 4) is 0 Å². The second-order valence-electron chi connectivity index (χ2n) is 3.61. The summed E-state index contributed by atoms with van der Waals surface area (Å²) in [6, 6.07) is 4.49. The third-order valence-corrected chi connectivity index (χ3v) is 3.91. The van der Waals surface area contributed by atoms with Gasteiger partial charge in [0.2, 0.25) is 10.0 Å². The summed E-state index contributed by atoms with van der Waals surface area (Å²) < 4.78 is 22.6. The minimum absolute atomic E-state index is 0.0363. The lowest BCUT2D eigenvalue weighted by Gasteiger charge is -2.07. The van der Waals surface area contributed by atoms with Crippen LogP contribution in [0.1, 0.15) is 5.56 Å². The molecule has 1 heterocycles. The molecule has 1 aromatic carbocycles. The van der Waals surface area contributed by atoms with Gasteiger partial charge < -0.3 is 0 Å². The predicted molar refractivity (Wildman–Crippen MR) is 67.9 cm³/mol. The molecule has 0 spiro atoms. The summed E-state index contributed by atoms with van der Waals surface area (Å²) in [6.45, 7) is 1.80. The normalized spacial score (nSPS) is 12.0. The van der Waals surface area contributed by atoms with E-state index in [9.17, 15) is 8.42 Å². The minimum Gasteiger partial charge on any atom is -0.236 e. The lowest BCUT2D eigenvalue weighted by Crippen LogP contribution is -2.12. The highest BCUT2D eigenvalue weighted by Crippen LogP contribution is 2.28. The number of rotatable bonds is 1. The first-order valence-corrected chi connectivity index (χ1v) is 6.88. The number of nitrogens with two attached hydrogens (primary N) is 1. The number of hydrogen-bond acceptors (Lipinski definition) is 3. The first kappa shape index (κ1) is 12.6. The molecule has 0 bridgehead atoms. The van der Waals surface area contributed by atoms with Crippen LogP contribution < -0.4 is 5.14 Å². The number of primary sulfonamides is 1. The summed E-state index contributed by atoms with van der Waals surface area (Å²) in [5.41, 5.74) is 1.34. The number of nitrogens with zero attached hydrogens (tertiary/aromatic N) is 1. The van der Waals surface area contributed by atoms with E-state index in [-0.39, 0.29) is 9.92 Å². The number of pyridine rings is 1. The summed E-state index contributed by atoms with van der Waals surface area (Å²) in [7, 11) is -3.84. The Bertz CT molecular complexity index is 714. The van der Waals surface area contributed by atoms with Gasteiger partial charge in [0, 0.05) is 5.39 Å². The standard InChI is InChI=1S/C10H8Cl2N2O2S/c1-5-2-10(12)14-8-4-7(11)9(3-6(5)8)17(13,15)16/h2-4H,1H3,(H2,13,15,16). The molecular weight excluding hydrogens is 283 g/mol. The summed E-state index contributed by atoms with van der Waals surface area (Å²) >= 11 is 11.7. The number of aryl methyl sites for hydroxylation is 1. The quantitative estimate of drug-likeness (QED) is 0.820. The molecule has 2 rings (SSSR count). The van der Waals surface area contributed by atoms with Gasteiger partial charge in [0.05, 0.1) is 10.5 Å². The number of fused-ring (bicyclic) bond motifs is 1. The van der Waals surface area contributed by atoms with E-state index in [1.54, 1.807) is 13.0 Å². The van der Waals surface area contributed by atoms with Gasteiger partial charge in [-0.3, -0.25) is 0 Å². The Morgan fingerprint density at radius 2 is 1.88 bits per heavy atom. The Hall–Kier alpha value is -0.880. The molecule has 2 aromatic rings. The predicted octanol–water partition coefficient (Wildman–Crippen LogP) is 2.50. The van der Waals surface area contributed by atoms with Crippen LogP contribution in [0.3, 0.4) is 0 Å². The third-order valence-electron chi connectivity index (χ3n) is 2.34. The summed E-state index contributed by atoms with van der Waals surface area (Å²) in [4.78, 5) is 3.95. The van der Waals surface area contributed by atoms with E-state index < -0.39 is 10.0 Å². The van der Waals surface area contributed by atoms with Gasteiger partial charge in [-0.2, -0.15) is 0 Å². The summed E-state index contributed by atoms with van der Waals surface area (Å²) in [5.74, 6) is 0. The van der Waals surface area contributed by atoms with Crippen LogP contribution in [0.2, 0.25) is 10.2 Å². The molecule has 0 saturated heterocycles. The fraction of sp³-hybridized carbons (Fsp3) is 0.100. The van der Waals surface area contributed by atoms with Crippen LogP contribution in [-0.4, -0.2) is 13.4 Å². The maximum Gasteiger partial charge on any atom is 0.239 e. The van der Waals surface area contributed by atoms with Crippen LogP contribution in [0.5, 0.6) is 0 Å². The second-order valence-corrected chi connectivity index (χ2v) is 5.93. The van der Waals surface area contributed by atoms with Crippen LogP contribution in [0, 0.1) is 6.92 Å². The Labute approximate surface area is 108 Å². The topological polar surface area (TPSA) is 73.0 Å². The van der Waals surface area contributed by atoms with Crippen molar-refractivity contribution in [2.24, 2.45) is 5.14 Å². The second kappa shape index (κ2) is 4.10. The number of hydrogen-bond donors (Lipinski definition) is 1. The number of halogens is 2. The van der Waals surface area contributed by atoms with Crippen molar-refractivity contribution < 1.29 is 8.42 Å². The van der Waals surface area contributed by atoms with Crippen molar-refractivity contribution in [2.45, 2.75) is 11.8 Å². The number of aromatic nitrogens is 1. The molecule has 0 atom stereocenters. The summed E-state index contributed by atoms with van der Waals surface area (Å²) in [5, 5.41) is 6.09. The SMILES string of the molecule is Cc1cc(Cl)nc2cc(Cl)c(S(N)(=O)=O)cc12. The van der Waals surface area contributed by atoms with Crippen LogP contribution in [0.4, 0.5) is 0 Å². The van der Waals surface area contributed by atoms with Crippen molar-refractivity contribution in [1.29, 1.82) is 0 Å². The molecule has 0 aliphatic heterocycles. The van der Waals surface area contributed by atoms with E-state index in [1.807, 2.05) is 0 Å². The zero-order valence-corrected chi connectivity index (χ0v) is 11.1. The Morgan fingerprint density at radius 3 is 2.47 bits per heavy atom. The van der Waals surface area contributed by atoms with Gasteiger partial charge in [0.15, 0.2) is 0 Å². The van der Waals surface area contributed by atoms with Gasteiger partial charge in [0.1, 0.15) is 10.0 Å². The van der Waals surface area contributed by atoms with Gasteiger partial charge in [-0.1, -0.05) is 23.2 Å². The van der Waals surface area contributed by atoms with Gasteiger partial charge in [-0.15, -0.1) is 0 Å². The molecule has 0 aliphatic carbocycles. The van der Waals surface area contributed by atoms with Crippen LogP contribution in [0.25, 0.3) is 10.9 Å². The molecule has 0 unspecified atom stereocenters. The van der Waals surface area contributed by atoms with Crippen molar-refractivity contribution in [2.75, 3.05) is 0 Å². The molecule has 0 fully saturated rings. The van der Waals surface area contributed by atoms with Crippen molar-refractivity contribution in [1.82, 2.24) is 4.98 Å². The van der Waals surface area contributed by atoms with Gasteiger partial charge >= 0.3 is 0 Å². The van der Waals surface area contributed by atoms with E-state index >= 15 is 0 Å². The monoisotopic (exact) mass is 290 g/mol. The number of sulfonamides is 1. The molecule has 17 heavy (non-hydrogen) atoms. The average Bonchev–Trinajstić information content (AvgIpc) is 2.13. The highest BCUT2D eigenvalue weighted by atomic mass is 35.5. The van der Waals surface area contributed by atoms with E-state index in [1.165, 1.54) is 12.1 Å². The highest BCUT2D eigenvalue weighted by Gasteiger charge is 2.15. The van der Waals surface area contributed by atoms with Gasteiger partial charge in [0.25, 0.3) is 0 Å². The molecule has 90 valence electrons. The maximum absolute atomic E-state index is 11.3. The van der Waals surface area contributed by atoms with E-state index in [4.69, 9.17) is 28.3 Å². The van der Waals surface area contributed by atoms with Crippen LogP contribution in [0.15, 0.2) is 23.1 Å². The zero-order valence-electron chi connectivity index (χ0n) is 8.74. The third kappa shape index (κ3) is 2.37. The largest absolute Gasteiger partial charge is 0.239 e. The fourth-order valence-electron chi connectivity index (χ4n) is 1.57. The van der Waals surface area contributed by atoms with Crippen molar-refractivity contribution in [3.63, 3.8) is 0 Å². The Kier molecular flexibility index (Phi) is 3.03. The first-order valence-electron chi connectivity index (χ1n) is 4.58. The van der Waals surface area contributed by atoms with Crippen LogP contribution in [-0.2, 0) is 10.0 Å². The van der Waals surface area contributed by atoms with E-state index in [0.717, 1.165) is 5.56 Å². The van der Waals surface area contributed by atoms with Crippen molar-refractivity contribution >= 4 is 44.1 Å². The van der Waals surface area contributed by atoms with E-state index in [0.29, 0.717) is 16.1 Å². The average molecular weight is 291 g/mol. The fourth-order valence-corrected chi connectivity index (χ4v) is 2.92. The van der Waals surface area contributed by atoms with E-state index in [2.05, 4.69) is 4.98 Å². The zero-order chi connectivity index (χ0) is 12.8. The Morgan fingerprint density at radius 1 is 1.24 bits per heavy atom. The first-order chi connectivity index (χ1) is 7.79. The van der Waals surface area contributed by atoms with Gasteiger partial charge in [-0.05, 0) is 30.7 Å². The molecule has 4 nitrogen and oxygen atoms in total. The smallest absolute Gasteiger partial charge is 0.236 e. The number of benzene rings is 1. The molecule has 0 amide bonds. The summed E-state index contributed by atoms with van der Waals surface area (Å²) in [6.07, 6.45) is 0.